The molecule has 0 aliphatic rings. The van der Waals surface area contributed by atoms with Gasteiger partial charge in [-0.25, -0.2) is 9.67 Å². The van der Waals surface area contributed by atoms with Crippen molar-refractivity contribution >= 4 is 28.6 Å². The van der Waals surface area contributed by atoms with Gasteiger partial charge in [0.2, 0.25) is 5.95 Å². The molecule has 5 nitrogen and oxygen atoms in total. The fourth-order valence-electron chi connectivity index (χ4n) is 1.92. The first-order valence-corrected chi connectivity index (χ1v) is 6.21. The smallest absolute Gasteiger partial charge is 0.223 e. The number of anilines is 1. The molecule has 0 atom stereocenters. The zero-order chi connectivity index (χ0) is 13.4. The Morgan fingerprint density at radius 3 is 2.68 bits per heavy atom. The van der Waals surface area contributed by atoms with Gasteiger partial charge in [-0.05, 0) is 12.5 Å². The Labute approximate surface area is 115 Å². The lowest BCUT2D eigenvalue weighted by molar-refractivity contribution is 0.704. The summed E-state index contributed by atoms with van der Waals surface area (Å²) in [5, 5.41) is 5.33. The van der Waals surface area contributed by atoms with Crippen LogP contribution in [-0.4, -0.2) is 19.7 Å². The Morgan fingerprint density at radius 1 is 1.21 bits per heavy atom. The van der Waals surface area contributed by atoms with Gasteiger partial charge >= 0.3 is 0 Å². The van der Waals surface area contributed by atoms with E-state index in [1.807, 2.05) is 0 Å². The molecule has 0 radical (unpaired) electrons. The molecule has 0 saturated carbocycles. The largest absolute Gasteiger partial charge is 0.368 e. The molecule has 96 valence electrons. The number of nitrogen functional groups attached to an aromatic ring is 1. The lowest BCUT2D eigenvalue weighted by Crippen LogP contribution is -2.04. The van der Waals surface area contributed by atoms with E-state index in [9.17, 15) is 0 Å². The summed E-state index contributed by atoms with van der Waals surface area (Å²) in [5.41, 5.74) is 8.64. The van der Waals surface area contributed by atoms with Gasteiger partial charge in [0.1, 0.15) is 5.15 Å². The fourth-order valence-corrected chi connectivity index (χ4v) is 2.14. The molecule has 0 amide bonds. The van der Waals surface area contributed by atoms with Gasteiger partial charge in [-0.1, -0.05) is 41.4 Å². The Hall–Kier alpha value is -2.14. The molecule has 2 aromatic heterocycles. The molecule has 19 heavy (non-hydrogen) atoms. The maximum atomic E-state index is 6.01. The second-order valence-electron chi connectivity index (χ2n) is 4.40. The molecule has 0 bridgehead atoms. The van der Waals surface area contributed by atoms with E-state index in [0.29, 0.717) is 22.7 Å². The molecular formula is C13H12ClN5. The van der Waals surface area contributed by atoms with E-state index in [1.165, 1.54) is 5.56 Å². The summed E-state index contributed by atoms with van der Waals surface area (Å²) in [4.78, 5) is 8.11. The molecule has 0 spiro atoms. The van der Waals surface area contributed by atoms with Gasteiger partial charge in [0.25, 0.3) is 0 Å². The topological polar surface area (TPSA) is 69.6 Å². The van der Waals surface area contributed by atoms with Crippen molar-refractivity contribution in [1.29, 1.82) is 0 Å². The first kappa shape index (κ1) is 11.9. The summed E-state index contributed by atoms with van der Waals surface area (Å²) in [7, 11) is 0. The highest BCUT2D eigenvalue weighted by Crippen LogP contribution is 2.21. The van der Waals surface area contributed by atoms with Crippen LogP contribution in [0, 0.1) is 6.92 Å². The molecule has 3 rings (SSSR count). The monoisotopic (exact) mass is 273 g/mol. The SMILES string of the molecule is Cc1ccc(Cn2ncc3c(Cl)nc(N)nc32)cc1. The lowest BCUT2D eigenvalue weighted by Gasteiger charge is -2.04. The van der Waals surface area contributed by atoms with Crippen LogP contribution >= 0.6 is 11.6 Å². The summed E-state index contributed by atoms with van der Waals surface area (Å²) in [6, 6.07) is 8.26. The second-order valence-corrected chi connectivity index (χ2v) is 4.76. The van der Waals surface area contributed by atoms with Crippen LogP contribution in [0.15, 0.2) is 30.5 Å². The number of rotatable bonds is 2. The van der Waals surface area contributed by atoms with Crippen molar-refractivity contribution in [2.24, 2.45) is 0 Å². The Morgan fingerprint density at radius 2 is 1.95 bits per heavy atom. The number of benzene rings is 1. The van der Waals surface area contributed by atoms with Crippen molar-refractivity contribution in [3.63, 3.8) is 0 Å². The summed E-state index contributed by atoms with van der Waals surface area (Å²) in [6.07, 6.45) is 1.66. The van der Waals surface area contributed by atoms with Gasteiger partial charge < -0.3 is 5.73 Å². The Bertz CT molecular complexity index is 733. The standard InChI is InChI=1S/C13H12ClN5/c1-8-2-4-9(5-3-8)7-19-12-10(6-16-19)11(14)17-13(15)18-12/h2-6H,7H2,1H3,(H2,15,17,18). The van der Waals surface area contributed by atoms with Crippen LogP contribution in [0.4, 0.5) is 5.95 Å². The van der Waals surface area contributed by atoms with E-state index < -0.39 is 0 Å². The van der Waals surface area contributed by atoms with Crippen LogP contribution in [0.3, 0.4) is 0 Å². The van der Waals surface area contributed by atoms with Crippen LogP contribution < -0.4 is 5.73 Å². The highest BCUT2D eigenvalue weighted by molar-refractivity contribution is 6.34. The van der Waals surface area contributed by atoms with Crippen molar-refractivity contribution in [1.82, 2.24) is 19.7 Å². The molecule has 0 fully saturated rings. The summed E-state index contributed by atoms with van der Waals surface area (Å²) in [6.45, 7) is 2.68. The molecule has 1 aromatic carbocycles. The number of fused-ring (bicyclic) bond motifs is 1. The quantitative estimate of drug-likeness (QED) is 0.728. The highest BCUT2D eigenvalue weighted by Gasteiger charge is 2.10. The molecule has 6 heteroatoms. The predicted octanol–water partition coefficient (Wildman–Crippen LogP) is 2.42. The van der Waals surface area contributed by atoms with Crippen molar-refractivity contribution < 1.29 is 0 Å². The molecule has 3 aromatic rings. The summed E-state index contributed by atoms with van der Waals surface area (Å²) >= 11 is 6.01. The zero-order valence-corrected chi connectivity index (χ0v) is 11.1. The highest BCUT2D eigenvalue weighted by atomic mass is 35.5. The summed E-state index contributed by atoms with van der Waals surface area (Å²) < 4.78 is 1.77. The van der Waals surface area contributed by atoms with Crippen LogP contribution in [0.5, 0.6) is 0 Å². The molecule has 0 aliphatic heterocycles. The van der Waals surface area contributed by atoms with Gasteiger partial charge in [-0.15, -0.1) is 0 Å². The predicted molar refractivity (Wildman–Crippen MR) is 75.0 cm³/mol. The first-order valence-electron chi connectivity index (χ1n) is 5.83. The van der Waals surface area contributed by atoms with Crippen molar-refractivity contribution in [3.05, 3.63) is 46.7 Å². The van der Waals surface area contributed by atoms with Crippen molar-refractivity contribution in [2.75, 3.05) is 5.73 Å². The third kappa shape index (κ3) is 2.24. The van der Waals surface area contributed by atoms with Gasteiger partial charge in [0.15, 0.2) is 5.65 Å². The number of aryl methyl sites for hydroxylation is 1. The van der Waals surface area contributed by atoms with E-state index in [2.05, 4.69) is 46.3 Å². The zero-order valence-electron chi connectivity index (χ0n) is 10.3. The number of aromatic nitrogens is 4. The number of nitrogens with zero attached hydrogens (tertiary/aromatic N) is 4. The molecule has 2 heterocycles. The van der Waals surface area contributed by atoms with E-state index in [-0.39, 0.29) is 5.95 Å². The van der Waals surface area contributed by atoms with Gasteiger partial charge in [0, 0.05) is 0 Å². The minimum absolute atomic E-state index is 0.156. The van der Waals surface area contributed by atoms with Crippen LogP contribution in [-0.2, 0) is 6.54 Å². The van der Waals surface area contributed by atoms with E-state index in [4.69, 9.17) is 17.3 Å². The second kappa shape index (κ2) is 4.51. The molecule has 0 saturated heterocycles. The maximum absolute atomic E-state index is 6.01. The number of nitrogens with two attached hydrogens (primary N) is 1. The number of halogens is 1. The average molecular weight is 274 g/mol. The van der Waals surface area contributed by atoms with E-state index >= 15 is 0 Å². The Kier molecular flexibility index (Phi) is 2.83. The number of hydrogen-bond donors (Lipinski definition) is 1. The van der Waals surface area contributed by atoms with E-state index in [0.717, 1.165) is 5.56 Å². The van der Waals surface area contributed by atoms with Gasteiger partial charge in [0.05, 0.1) is 18.1 Å². The maximum Gasteiger partial charge on any atom is 0.223 e. The summed E-state index contributed by atoms with van der Waals surface area (Å²) in [5.74, 6) is 0.156. The molecule has 2 N–H and O–H groups in total. The third-order valence-electron chi connectivity index (χ3n) is 2.92. The minimum Gasteiger partial charge on any atom is -0.368 e. The van der Waals surface area contributed by atoms with Crippen molar-refractivity contribution in [2.45, 2.75) is 13.5 Å². The lowest BCUT2D eigenvalue weighted by atomic mass is 10.1. The van der Waals surface area contributed by atoms with Crippen LogP contribution in [0.1, 0.15) is 11.1 Å². The van der Waals surface area contributed by atoms with Gasteiger partial charge in [-0.3, -0.25) is 0 Å². The van der Waals surface area contributed by atoms with Crippen LogP contribution in [0.25, 0.3) is 11.0 Å². The molecule has 0 aliphatic carbocycles. The minimum atomic E-state index is 0.156. The number of hydrogen-bond acceptors (Lipinski definition) is 4. The molecular weight excluding hydrogens is 262 g/mol. The molecule has 0 unspecified atom stereocenters. The van der Waals surface area contributed by atoms with Crippen molar-refractivity contribution in [3.8, 4) is 0 Å². The van der Waals surface area contributed by atoms with E-state index in [1.54, 1.807) is 10.9 Å². The Balaban J connectivity index is 2.03. The van der Waals surface area contributed by atoms with Gasteiger partial charge in [-0.2, -0.15) is 10.1 Å². The normalized spacial score (nSPS) is 11.1. The fraction of sp³-hybridized carbons (Fsp3) is 0.154. The average Bonchev–Trinajstić information content (AvgIpc) is 2.76. The van der Waals surface area contributed by atoms with Crippen LogP contribution in [0.2, 0.25) is 5.15 Å². The third-order valence-corrected chi connectivity index (χ3v) is 3.21. The first-order chi connectivity index (χ1) is 9.13.